The summed E-state index contributed by atoms with van der Waals surface area (Å²) < 4.78 is 5.08. The molecule has 2 N–H and O–H groups in total. The van der Waals surface area contributed by atoms with Gasteiger partial charge in [-0.05, 0) is 13.3 Å². The standard InChI is InChI=1S/C7H15NO2S/c1-5(11)8-6-2-3-10-4-7(6)9/h5-9,11H,2-4H2,1H3/t5?,6-,7-/m1/s1. The fourth-order valence-electron chi connectivity index (χ4n) is 1.23. The zero-order chi connectivity index (χ0) is 8.27. The first-order chi connectivity index (χ1) is 5.20. The van der Waals surface area contributed by atoms with E-state index in [4.69, 9.17) is 4.74 Å². The van der Waals surface area contributed by atoms with Gasteiger partial charge in [0.15, 0.2) is 0 Å². The highest BCUT2D eigenvalue weighted by Gasteiger charge is 2.23. The van der Waals surface area contributed by atoms with Gasteiger partial charge in [-0.2, -0.15) is 12.6 Å². The van der Waals surface area contributed by atoms with Crippen LogP contribution < -0.4 is 5.32 Å². The van der Waals surface area contributed by atoms with Gasteiger partial charge in [-0.1, -0.05) is 0 Å². The normalized spacial score (nSPS) is 35.2. The maximum atomic E-state index is 9.40. The first-order valence-corrected chi connectivity index (χ1v) is 4.41. The van der Waals surface area contributed by atoms with Gasteiger partial charge in [0.05, 0.1) is 12.7 Å². The number of aliphatic hydroxyl groups is 1. The lowest BCUT2D eigenvalue weighted by atomic mass is 10.1. The van der Waals surface area contributed by atoms with Gasteiger partial charge in [0, 0.05) is 18.0 Å². The van der Waals surface area contributed by atoms with Crippen molar-refractivity contribution in [2.45, 2.75) is 30.9 Å². The first kappa shape index (κ1) is 9.32. The molecular formula is C7H15NO2S. The molecule has 3 nitrogen and oxygen atoms in total. The largest absolute Gasteiger partial charge is 0.389 e. The van der Waals surface area contributed by atoms with Gasteiger partial charge < -0.3 is 15.2 Å². The van der Waals surface area contributed by atoms with Crippen LogP contribution in [0.5, 0.6) is 0 Å². The predicted molar refractivity (Wildman–Crippen MR) is 46.8 cm³/mol. The molecule has 0 aromatic carbocycles. The number of ether oxygens (including phenoxy) is 1. The fourth-order valence-corrected chi connectivity index (χ4v) is 1.42. The lowest BCUT2D eigenvalue weighted by molar-refractivity contribution is -0.0278. The molecule has 0 bridgehead atoms. The minimum absolute atomic E-state index is 0.132. The van der Waals surface area contributed by atoms with E-state index in [0.29, 0.717) is 6.61 Å². The van der Waals surface area contributed by atoms with Gasteiger partial charge in [0.25, 0.3) is 0 Å². The average Bonchev–Trinajstić information content (AvgIpc) is 1.93. The third-order valence-electron chi connectivity index (χ3n) is 1.78. The van der Waals surface area contributed by atoms with E-state index in [-0.39, 0.29) is 17.5 Å². The molecule has 1 aliphatic heterocycles. The molecule has 0 spiro atoms. The molecule has 1 fully saturated rings. The second-order valence-electron chi connectivity index (χ2n) is 2.88. The van der Waals surface area contributed by atoms with Crippen molar-refractivity contribution in [3.8, 4) is 0 Å². The van der Waals surface area contributed by atoms with Gasteiger partial charge >= 0.3 is 0 Å². The lowest BCUT2D eigenvalue weighted by Crippen LogP contribution is -2.48. The summed E-state index contributed by atoms with van der Waals surface area (Å²) in [6, 6.07) is 0.149. The van der Waals surface area contributed by atoms with E-state index in [1.54, 1.807) is 0 Å². The van der Waals surface area contributed by atoms with Crippen molar-refractivity contribution in [3.05, 3.63) is 0 Å². The van der Waals surface area contributed by atoms with E-state index in [0.717, 1.165) is 13.0 Å². The maximum Gasteiger partial charge on any atom is 0.0927 e. The number of rotatable bonds is 2. The highest BCUT2D eigenvalue weighted by molar-refractivity contribution is 7.80. The number of hydrogen-bond acceptors (Lipinski definition) is 4. The molecule has 0 aromatic heterocycles. The van der Waals surface area contributed by atoms with Crippen LogP contribution in [0.4, 0.5) is 0 Å². The Hall–Kier alpha value is 0.230. The molecule has 66 valence electrons. The van der Waals surface area contributed by atoms with Crippen molar-refractivity contribution in [3.63, 3.8) is 0 Å². The summed E-state index contributed by atoms with van der Waals surface area (Å²) in [4.78, 5) is 0. The number of nitrogens with one attached hydrogen (secondary N) is 1. The average molecular weight is 177 g/mol. The zero-order valence-electron chi connectivity index (χ0n) is 6.66. The van der Waals surface area contributed by atoms with Crippen LogP contribution in [0.1, 0.15) is 13.3 Å². The van der Waals surface area contributed by atoms with Crippen LogP contribution in [0.25, 0.3) is 0 Å². The third-order valence-corrected chi connectivity index (χ3v) is 1.93. The van der Waals surface area contributed by atoms with E-state index in [1.165, 1.54) is 0 Å². The molecule has 1 aliphatic rings. The zero-order valence-corrected chi connectivity index (χ0v) is 7.55. The summed E-state index contributed by atoms with van der Waals surface area (Å²) in [7, 11) is 0. The van der Waals surface area contributed by atoms with Crippen LogP contribution in [-0.2, 0) is 4.74 Å². The van der Waals surface area contributed by atoms with Crippen molar-refractivity contribution < 1.29 is 9.84 Å². The van der Waals surface area contributed by atoms with Crippen LogP contribution in [-0.4, -0.2) is 35.8 Å². The van der Waals surface area contributed by atoms with E-state index in [1.807, 2.05) is 6.92 Å². The van der Waals surface area contributed by atoms with Crippen molar-refractivity contribution >= 4 is 12.6 Å². The highest BCUT2D eigenvalue weighted by Crippen LogP contribution is 2.08. The molecule has 1 heterocycles. The smallest absolute Gasteiger partial charge is 0.0927 e. The molecule has 0 aromatic rings. The Morgan fingerprint density at radius 3 is 3.00 bits per heavy atom. The van der Waals surface area contributed by atoms with Crippen LogP contribution in [0.2, 0.25) is 0 Å². The Bertz CT molecular complexity index is 121. The Balaban J connectivity index is 2.29. The maximum absolute atomic E-state index is 9.40. The molecular weight excluding hydrogens is 162 g/mol. The Kier molecular flexibility index (Phi) is 3.65. The SMILES string of the molecule is CC(S)N[C@@H]1CCOC[C@H]1O. The van der Waals surface area contributed by atoms with Crippen LogP contribution in [0.15, 0.2) is 0 Å². The Morgan fingerprint density at radius 1 is 1.73 bits per heavy atom. The van der Waals surface area contributed by atoms with Crippen molar-refractivity contribution in [2.75, 3.05) is 13.2 Å². The number of hydrogen-bond donors (Lipinski definition) is 3. The summed E-state index contributed by atoms with van der Waals surface area (Å²) in [5, 5.41) is 12.7. The summed E-state index contributed by atoms with van der Waals surface area (Å²) >= 11 is 4.19. The first-order valence-electron chi connectivity index (χ1n) is 3.90. The Labute approximate surface area is 72.5 Å². The van der Waals surface area contributed by atoms with Gasteiger partial charge in [-0.25, -0.2) is 0 Å². The van der Waals surface area contributed by atoms with Gasteiger partial charge in [-0.15, -0.1) is 0 Å². The van der Waals surface area contributed by atoms with Crippen molar-refractivity contribution in [2.24, 2.45) is 0 Å². The molecule has 0 aliphatic carbocycles. The lowest BCUT2D eigenvalue weighted by Gasteiger charge is -2.29. The van der Waals surface area contributed by atoms with Crippen molar-refractivity contribution in [1.82, 2.24) is 5.32 Å². The molecule has 0 radical (unpaired) electrons. The summed E-state index contributed by atoms with van der Waals surface area (Å²) in [6.45, 7) is 3.12. The summed E-state index contributed by atoms with van der Waals surface area (Å²) in [5.41, 5.74) is 0. The van der Waals surface area contributed by atoms with Gasteiger partial charge in [0.1, 0.15) is 0 Å². The highest BCUT2D eigenvalue weighted by atomic mass is 32.1. The Morgan fingerprint density at radius 2 is 2.45 bits per heavy atom. The monoisotopic (exact) mass is 177 g/mol. The number of thiol groups is 1. The molecule has 0 amide bonds. The molecule has 4 heteroatoms. The molecule has 1 rings (SSSR count). The topological polar surface area (TPSA) is 41.5 Å². The van der Waals surface area contributed by atoms with E-state index < -0.39 is 0 Å². The van der Waals surface area contributed by atoms with Crippen LogP contribution in [0.3, 0.4) is 0 Å². The summed E-state index contributed by atoms with van der Waals surface area (Å²) in [5.74, 6) is 0. The van der Waals surface area contributed by atoms with E-state index in [2.05, 4.69) is 17.9 Å². The molecule has 3 atom stereocenters. The van der Waals surface area contributed by atoms with Crippen molar-refractivity contribution in [1.29, 1.82) is 0 Å². The van der Waals surface area contributed by atoms with Gasteiger partial charge in [-0.3, -0.25) is 0 Å². The molecule has 0 saturated carbocycles. The molecule has 1 unspecified atom stereocenters. The second-order valence-corrected chi connectivity index (χ2v) is 3.65. The quantitative estimate of drug-likeness (QED) is 0.411. The minimum Gasteiger partial charge on any atom is -0.389 e. The number of aliphatic hydroxyl groups excluding tert-OH is 1. The fraction of sp³-hybridized carbons (Fsp3) is 1.00. The van der Waals surface area contributed by atoms with Crippen LogP contribution >= 0.6 is 12.6 Å². The van der Waals surface area contributed by atoms with E-state index >= 15 is 0 Å². The van der Waals surface area contributed by atoms with Gasteiger partial charge in [0.2, 0.25) is 0 Å². The van der Waals surface area contributed by atoms with E-state index in [9.17, 15) is 5.11 Å². The molecule has 1 saturated heterocycles. The minimum atomic E-state index is -0.377. The second kappa shape index (κ2) is 4.30. The predicted octanol–water partition coefficient (Wildman–Crippen LogP) is 0.00160. The molecule has 11 heavy (non-hydrogen) atoms. The van der Waals surface area contributed by atoms with Crippen LogP contribution in [0, 0.1) is 0 Å². The third kappa shape index (κ3) is 2.99. The summed E-state index contributed by atoms with van der Waals surface area (Å²) in [6.07, 6.45) is 0.491.